The number of benzene rings is 1. The average molecular weight is 248 g/mol. The van der Waals surface area contributed by atoms with Gasteiger partial charge in [0.1, 0.15) is 5.75 Å². The molecule has 1 saturated carbocycles. The maximum absolute atomic E-state index is 9.43. The Morgan fingerprint density at radius 3 is 2.22 bits per heavy atom. The molecule has 1 aromatic carbocycles. The number of rotatable bonds is 5. The molecule has 2 heteroatoms. The number of ether oxygens (including phenoxy) is 1. The molecule has 18 heavy (non-hydrogen) atoms. The summed E-state index contributed by atoms with van der Waals surface area (Å²) in [5.41, 5.74) is 1.90. The number of hydrogen-bond acceptors (Lipinski definition) is 2. The molecule has 0 amide bonds. The molecular formula is C16H24O2. The second-order valence-corrected chi connectivity index (χ2v) is 6.22. The Hall–Kier alpha value is -1.02. The van der Waals surface area contributed by atoms with Crippen LogP contribution in [0, 0.1) is 16.7 Å². The topological polar surface area (TPSA) is 29.5 Å². The summed E-state index contributed by atoms with van der Waals surface area (Å²) in [7, 11) is 1.69. The molecule has 2 unspecified atom stereocenters. The third kappa shape index (κ3) is 2.03. The van der Waals surface area contributed by atoms with E-state index < -0.39 is 0 Å². The van der Waals surface area contributed by atoms with Crippen LogP contribution in [0.4, 0.5) is 0 Å². The van der Waals surface area contributed by atoms with Gasteiger partial charge in [-0.3, -0.25) is 0 Å². The SMILES string of the molecule is COc1ccc(CCC2(C)C(CO)C2(C)C)cc1. The molecule has 2 nitrogen and oxygen atoms in total. The third-order valence-electron chi connectivity index (χ3n) is 5.30. The highest BCUT2D eigenvalue weighted by Crippen LogP contribution is 2.70. The lowest BCUT2D eigenvalue weighted by molar-refractivity contribution is 0.246. The fourth-order valence-electron chi connectivity index (χ4n) is 3.32. The van der Waals surface area contributed by atoms with Crippen molar-refractivity contribution in [3.05, 3.63) is 29.8 Å². The zero-order valence-electron chi connectivity index (χ0n) is 11.9. The molecule has 0 spiro atoms. The summed E-state index contributed by atoms with van der Waals surface area (Å²) in [6, 6.07) is 8.29. The summed E-state index contributed by atoms with van der Waals surface area (Å²) in [4.78, 5) is 0. The van der Waals surface area contributed by atoms with Crippen LogP contribution in [0.5, 0.6) is 5.75 Å². The molecule has 2 atom stereocenters. The zero-order valence-corrected chi connectivity index (χ0v) is 11.9. The smallest absolute Gasteiger partial charge is 0.118 e. The average Bonchev–Trinajstić information content (AvgIpc) is 2.80. The third-order valence-corrected chi connectivity index (χ3v) is 5.30. The van der Waals surface area contributed by atoms with Crippen molar-refractivity contribution in [2.45, 2.75) is 33.6 Å². The Labute approximate surface area is 110 Å². The zero-order chi connectivity index (χ0) is 13.4. The van der Waals surface area contributed by atoms with E-state index in [4.69, 9.17) is 4.74 Å². The van der Waals surface area contributed by atoms with E-state index >= 15 is 0 Å². The summed E-state index contributed by atoms with van der Waals surface area (Å²) in [5, 5.41) is 9.43. The van der Waals surface area contributed by atoms with Crippen LogP contribution in [-0.4, -0.2) is 18.8 Å². The first-order valence-corrected chi connectivity index (χ1v) is 6.69. The first kappa shape index (κ1) is 13.4. The van der Waals surface area contributed by atoms with Crippen LogP contribution in [0.2, 0.25) is 0 Å². The maximum Gasteiger partial charge on any atom is 0.118 e. The molecule has 0 bridgehead atoms. The second-order valence-electron chi connectivity index (χ2n) is 6.22. The van der Waals surface area contributed by atoms with Gasteiger partial charge in [0.25, 0.3) is 0 Å². The van der Waals surface area contributed by atoms with E-state index in [2.05, 4.69) is 32.9 Å². The highest BCUT2D eigenvalue weighted by atomic mass is 16.5. The molecular weight excluding hydrogens is 224 g/mol. The monoisotopic (exact) mass is 248 g/mol. The van der Waals surface area contributed by atoms with Gasteiger partial charge in [-0.05, 0) is 47.3 Å². The van der Waals surface area contributed by atoms with Crippen molar-refractivity contribution in [2.24, 2.45) is 16.7 Å². The van der Waals surface area contributed by atoms with Crippen LogP contribution >= 0.6 is 0 Å². The van der Waals surface area contributed by atoms with Crippen LogP contribution in [0.25, 0.3) is 0 Å². The van der Waals surface area contributed by atoms with Crippen molar-refractivity contribution in [1.82, 2.24) is 0 Å². The summed E-state index contributed by atoms with van der Waals surface area (Å²) in [6.07, 6.45) is 2.21. The molecule has 1 aliphatic carbocycles. The van der Waals surface area contributed by atoms with Gasteiger partial charge in [-0.1, -0.05) is 32.9 Å². The summed E-state index contributed by atoms with van der Waals surface area (Å²) in [5.74, 6) is 1.35. The van der Waals surface area contributed by atoms with E-state index in [1.54, 1.807) is 7.11 Å². The minimum Gasteiger partial charge on any atom is -0.497 e. The molecule has 0 radical (unpaired) electrons. The van der Waals surface area contributed by atoms with Crippen LogP contribution in [0.1, 0.15) is 32.8 Å². The molecule has 1 N–H and O–H groups in total. The molecule has 0 aliphatic heterocycles. The second kappa shape index (κ2) is 4.58. The number of methoxy groups -OCH3 is 1. The van der Waals surface area contributed by atoms with Gasteiger partial charge in [0.15, 0.2) is 0 Å². The predicted molar refractivity (Wildman–Crippen MR) is 73.8 cm³/mol. The largest absolute Gasteiger partial charge is 0.497 e. The number of aryl methyl sites for hydroxylation is 1. The number of aliphatic hydroxyl groups is 1. The van der Waals surface area contributed by atoms with E-state index in [0.717, 1.165) is 18.6 Å². The van der Waals surface area contributed by atoms with Gasteiger partial charge in [-0.2, -0.15) is 0 Å². The van der Waals surface area contributed by atoms with E-state index in [9.17, 15) is 5.11 Å². The highest BCUT2D eigenvalue weighted by Gasteiger charge is 2.66. The highest BCUT2D eigenvalue weighted by molar-refractivity contribution is 5.28. The van der Waals surface area contributed by atoms with E-state index in [1.165, 1.54) is 5.56 Å². The number of hydrogen-bond donors (Lipinski definition) is 1. The van der Waals surface area contributed by atoms with Gasteiger partial charge in [0, 0.05) is 6.61 Å². The Balaban J connectivity index is 1.96. The fourth-order valence-corrected chi connectivity index (χ4v) is 3.32. The lowest BCUT2D eigenvalue weighted by Crippen LogP contribution is -2.06. The van der Waals surface area contributed by atoms with Crippen molar-refractivity contribution in [2.75, 3.05) is 13.7 Å². The van der Waals surface area contributed by atoms with Gasteiger partial charge in [-0.15, -0.1) is 0 Å². The molecule has 1 aromatic rings. The van der Waals surface area contributed by atoms with Crippen molar-refractivity contribution < 1.29 is 9.84 Å². The first-order chi connectivity index (χ1) is 8.45. The number of aliphatic hydroxyl groups excluding tert-OH is 1. The molecule has 1 fully saturated rings. The summed E-state index contributed by atoms with van der Waals surface area (Å²) < 4.78 is 5.16. The first-order valence-electron chi connectivity index (χ1n) is 6.69. The quantitative estimate of drug-likeness (QED) is 0.866. The van der Waals surface area contributed by atoms with Crippen molar-refractivity contribution in [3.8, 4) is 5.75 Å². The minimum atomic E-state index is 0.272. The Morgan fingerprint density at radius 2 is 1.78 bits per heavy atom. The van der Waals surface area contributed by atoms with E-state index in [1.807, 2.05) is 12.1 Å². The summed E-state index contributed by atoms with van der Waals surface area (Å²) in [6.45, 7) is 7.15. The van der Waals surface area contributed by atoms with Crippen LogP contribution < -0.4 is 4.74 Å². The molecule has 0 saturated heterocycles. The molecule has 100 valence electrons. The van der Waals surface area contributed by atoms with Crippen molar-refractivity contribution in [1.29, 1.82) is 0 Å². The Bertz CT molecular complexity index is 408. The fraction of sp³-hybridized carbons (Fsp3) is 0.625. The van der Waals surface area contributed by atoms with Crippen molar-refractivity contribution >= 4 is 0 Å². The van der Waals surface area contributed by atoms with Gasteiger partial charge in [0.05, 0.1) is 7.11 Å². The van der Waals surface area contributed by atoms with Gasteiger partial charge < -0.3 is 9.84 Å². The van der Waals surface area contributed by atoms with Gasteiger partial charge in [-0.25, -0.2) is 0 Å². The van der Waals surface area contributed by atoms with E-state index in [-0.39, 0.29) is 10.8 Å². The summed E-state index contributed by atoms with van der Waals surface area (Å²) >= 11 is 0. The molecule has 1 aliphatic rings. The molecule has 0 aromatic heterocycles. The lowest BCUT2D eigenvalue weighted by atomic mass is 9.91. The maximum atomic E-state index is 9.43. The Kier molecular flexibility index (Phi) is 3.41. The Morgan fingerprint density at radius 1 is 1.17 bits per heavy atom. The van der Waals surface area contributed by atoms with Crippen molar-refractivity contribution in [3.63, 3.8) is 0 Å². The van der Waals surface area contributed by atoms with Gasteiger partial charge in [0.2, 0.25) is 0 Å². The van der Waals surface area contributed by atoms with Crippen LogP contribution in [0.15, 0.2) is 24.3 Å². The van der Waals surface area contributed by atoms with Gasteiger partial charge >= 0.3 is 0 Å². The molecule has 0 heterocycles. The lowest BCUT2D eigenvalue weighted by Gasteiger charge is -2.14. The van der Waals surface area contributed by atoms with E-state index in [0.29, 0.717) is 12.5 Å². The normalized spacial score (nSPS) is 29.1. The predicted octanol–water partition coefficient (Wildman–Crippen LogP) is 3.28. The van der Waals surface area contributed by atoms with Crippen LogP contribution in [-0.2, 0) is 6.42 Å². The standard InChI is InChI=1S/C16H24O2/c1-15(2)14(11-17)16(15,3)10-9-12-5-7-13(18-4)8-6-12/h5-8,14,17H,9-11H2,1-4H3. The van der Waals surface area contributed by atoms with Crippen LogP contribution in [0.3, 0.4) is 0 Å². The molecule has 2 rings (SSSR count). The minimum absolute atomic E-state index is 0.272.